The third-order valence-corrected chi connectivity index (χ3v) is 3.49. The first-order valence-corrected chi connectivity index (χ1v) is 7.16. The highest BCUT2D eigenvalue weighted by atomic mass is 35.5. The molecule has 1 N–H and O–H groups in total. The Morgan fingerprint density at radius 2 is 2.22 bits per heavy atom. The quantitative estimate of drug-likeness (QED) is 0.790. The van der Waals surface area contributed by atoms with E-state index in [1.54, 1.807) is 12.0 Å². The van der Waals surface area contributed by atoms with Gasteiger partial charge in [-0.2, -0.15) is 0 Å². The molecule has 1 amide bonds. The van der Waals surface area contributed by atoms with Gasteiger partial charge in [-0.05, 0) is 17.7 Å². The zero-order valence-corrected chi connectivity index (χ0v) is 13.7. The van der Waals surface area contributed by atoms with E-state index in [-0.39, 0.29) is 24.9 Å². The summed E-state index contributed by atoms with van der Waals surface area (Å²) in [5.74, 6) is -1.85. The summed E-state index contributed by atoms with van der Waals surface area (Å²) in [6.45, 7) is 2.54. The fourth-order valence-corrected chi connectivity index (χ4v) is 2.27. The van der Waals surface area contributed by atoms with Crippen molar-refractivity contribution in [1.82, 2.24) is 10.2 Å². The van der Waals surface area contributed by atoms with Gasteiger partial charge < -0.3 is 19.7 Å². The van der Waals surface area contributed by atoms with E-state index in [1.807, 2.05) is 0 Å². The standard InChI is InChI=1S/C15H20F2N2O3.ClH/c1-21-6-4-18-9-15(20)19-5-7-22-14(10-19)11-2-3-12(16)13(17)8-11;/h2-3,8,14,18H,4-7,9-10H2,1H3;1H. The van der Waals surface area contributed by atoms with Crippen LogP contribution in [-0.2, 0) is 14.3 Å². The zero-order valence-electron chi connectivity index (χ0n) is 12.9. The summed E-state index contributed by atoms with van der Waals surface area (Å²) in [6, 6.07) is 3.67. The molecular weight excluding hydrogens is 330 g/mol. The molecule has 1 fully saturated rings. The lowest BCUT2D eigenvalue weighted by atomic mass is 10.1. The number of rotatable bonds is 6. The number of morpholine rings is 1. The lowest BCUT2D eigenvalue weighted by Crippen LogP contribution is -2.46. The minimum Gasteiger partial charge on any atom is -0.383 e. The number of nitrogens with zero attached hydrogens (tertiary/aromatic N) is 1. The van der Waals surface area contributed by atoms with E-state index in [0.29, 0.717) is 38.4 Å². The maximum Gasteiger partial charge on any atom is 0.236 e. The molecule has 5 nitrogen and oxygen atoms in total. The first-order valence-electron chi connectivity index (χ1n) is 7.16. The lowest BCUT2D eigenvalue weighted by Gasteiger charge is -2.33. The van der Waals surface area contributed by atoms with E-state index in [0.717, 1.165) is 12.1 Å². The van der Waals surface area contributed by atoms with Crippen molar-refractivity contribution in [3.05, 3.63) is 35.4 Å². The average molecular weight is 351 g/mol. The van der Waals surface area contributed by atoms with Crippen LogP contribution in [0.5, 0.6) is 0 Å². The Morgan fingerprint density at radius 3 is 2.91 bits per heavy atom. The molecule has 130 valence electrons. The summed E-state index contributed by atoms with van der Waals surface area (Å²) in [4.78, 5) is 13.8. The number of halogens is 3. The maximum absolute atomic E-state index is 13.3. The molecule has 1 atom stereocenters. The van der Waals surface area contributed by atoms with Gasteiger partial charge in [-0.15, -0.1) is 12.4 Å². The molecule has 0 spiro atoms. The number of nitrogens with one attached hydrogen (secondary N) is 1. The van der Waals surface area contributed by atoms with Crippen molar-refractivity contribution in [2.45, 2.75) is 6.10 Å². The summed E-state index contributed by atoms with van der Waals surface area (Å²) >= 11 is 0. The number of methoxy groups -OCH3 is 1. The molecule has 1 unspecified atom stereocenters. The lowest BCUT2D eigenvalue weighted by molar-refractivity contribution is -0.138. The Hall–Kier alpha value is -1.28. The maximum atomic E-state index is 13.3. The molecule has 8 heteroatoms. The van der Waals surface area contributed by atoms with Gasteiger partial charge in [0.05, 0.1) is 26.3 Å². The Kier molecular flexibility index (Phi) is 8.40. The smallest absolute Gasteiger partial charge is 0.236 e. The highest BCUT2D eigenvalue weighted by molar-refractivity contribution is 5.85. The predicted molar refractivity (Wildman–Crippen MR) is 83.6 cm³/mol. The van der Waals surface area contributed by atoms with E-state index in [4.69, 9.17) is 9.47 Å². The average Bonchev–Trinajstić information content (AvgIpc) is 2.54. The van der Waals surface area contributed by atoms with Gasteiger partial charge in [-0.25, -0.2) is 8.78 Å². The number of hydrogen-bond acceptors (Lipinski definition) is 4. The van der Waals surface area contributed by atoms with Crippen LogP contribution in [0.15, 0.2) is 18.2 Å². The summed E-state index contributed by atoms with van der Waals surface area (Å²) in [6.07, 6.45) is -0.438. The van der Waals surface area contributed by atoms with Crippen LogP contribution >= 0.6 is 12.4 Å². The first kappa shape index (κ1) is 19.8. The van der Waals surface area contributed by atoms with Crippen molar-refractivity contribution in [1.29, 1.82) is 0 Å². The van der Waals surface area contributed by atoms with Crippen LogP contribution in [0.1, 0.15) is 11.7 Å². The second-order valence-electron chi connectivity index (χ2n) is 5.04. The molecule has 1 aromatic carbocycles. The molecule has 1 aliphatic rings. The van der Waals surface area contributed by atoms with Crippen molar-refractivity contribution in [3.63, 3.8) is 0 Å². The molecular formula is C15H21ClF2N2O3. The van der Waals surface area contributed by atoms with E-state index < -0.39 is 17.7 Å². The van der Waals surface area contributed by atoms with Crippen molar-refractivity contribution >= 4 is 18.3 Å². The second-order valence-corrected chi connectivity index (χ2v) is 5.04. The normalized spacial score (nSPS) is 17.7. The van der Waals surface area contributed by atoms with Crippen LogP contribution in [0.4, 0.5) is 8.78 Å². The summed E-state index contributed by atoms with van der Waals surface area (Å²) in [5.41, 5.74) is 0.531. The molecule has 1 aromatic rings. The molecule has 1 saturated heterocycles. The van der Waals surface area contributed by atoms with Crippen molar-refractivity contribution in [3.8, 4) is 0 Å². The largest absolute Gasteiger partial charge is 0.383 e. The molecule has 23 heavy (non-hydrogen) atoms. The van der Waals surface area contributed by atoms with Crippen LogP contribution in [0.2, 0.25) is 0 Å². The van der Waals surface area contributed by atoms with Crippen molar-refractivity contribution < 1.29 is 23.0 Å². The van der Waals surface area contributed by atoms with Gasteiger partial charge in [0.25, 0.3) is 0 Å². The van der Waals surface area contributed by atoms with Crippen molar-refractivity contribution in [2.75, 3.05) is 46.5 Å². The molecule has 1 aliphatic heterocycles. The number of carbonyl (C=O) groups is 1. The Bertz CT molecular complexity index is 519. The van der Waals surface area contributed by atoms with Crippen LogP contribution in [0, 0.1) is 11.6 Å². The molecule has 0 radical (unpaired) electrons. The Morgan fingerprint density at radius 1 is 1.43 bits per heavy atom. The van der Waals surface area contributed by atoms with Gasteiger partial charge >= 0.3 is 0 Å². The van der Waals surface area contributed by atoms with Gasteiger partial charge in [0.2, 0.25) is 5.91 Å². The van der Waals surface area contributed by atoms with Crippen molar-refractivity contribution in [2.24, 2.45) is 0 Å². The molecule has 2 rings (SSSR count). The fraction of sp³-hybridized carbons (Fsp3) is 0.533. The van der Waals surface area contributed by atoms with E-state index in [9.17, 15) is 13.6 Å². The monoisotopic (exact) mass is 350 g/mol. The number of carbonyl (C=O) groups excluding carboxylic acids is 1. The van der Waals surface area contributed by atoms with Crippen LogP contribution in [-0.4, -0.2) is 57.3 Å². The fourth-order valence-electron chi connectivity index (χ4n) is 2.27. The molecule has 0 saturated carbocycles. The third-order valence-electron chi connectivity index (χ3n) is 3.49. The number of hydrogen-bond donors (Lipinski definition) is 1. The summed E-state index contributed by atoms with van der Waals surface area (Å²) < 4.78 is 36.7. The predicted octanol–water partition coefficient (Wildman–Crippen LogP) is 1.52. The van der Waals surface area contributed by atoms with E-state index >= 15 is 0 Å². The van der Waals surface area contributed by atoms with Crippen LogP contribution in [0.25, 0.3) is 0 Å². The Balaban J connectivity index is 0.00000264. The number of amides is 1. The third kappa shape index (κ3) is 5.69. The second kappa shape index (κ2) is 9.77. The molecule has 0 bridgehead atoms. The van der Waals surface area contributed by atoms with Gasteiger partial charge in [0.15, 0.2) is 11.6 Å². The highest BCUT2D eigenvalue weighted by Gasteiger charge is 2.25. The van der Waals surface area contributed by atoms with Gasteiger partial charge in [-0.1, -0.05) is 6.07 Å². The van der Waals surface area contributed by atoms with Gasteiger partial charge in [-0.3, -0.25) is 4.79 Å². The number of benzene rings is 1. The molecule has 0 aromatic heterocycles. The van der Waals surface area contributed by atoms with Gasteiger partial charge in [0, 0.05) is 20.2 Å². The van der Waals surface area contributed by atoms with E-state index in [1.165, 1.54) is 6.07 Å². The van der Waals surface area contributed by atoms with Gasteiger partial charge in [0.1, 0.15) is 6.10 Å². The minimum atomic E-state index is -0.911. The Labute approximate surface area is 140 Å². The topological polar surface area (TPSA) is 50.8 Å². The van der Waals surface area contributed by atoms with E-state index in [2.05, 4.69) is 5.32 Å². The number of ether oxygens (including phenoxy) is 2. The highest BCUT2D eigenvalue weighted by Crippen LogP contribution is 2.23. The minimum absolute atomic E-state index is 0. The summed E-state index contributed by atoms with van der Waals surface area (Å²) in [7, 11) is 1.60. The van der Waals surface area contributed by atoms with Crippen LogP contribution < -0.4 is 5.32 Å². The molecule has 0 aliphatic carbocycles. The zero-order chi connectivity index (χ0) is 15.9. The van der Waals surface area contributed by atoms with Crippen LogP contribution in [0.3, 0.4) is 0 Å². The SMILES string of the molecule is COCCNCC(=O)N1CCOC(c2ccc(F)c(F)c2)C1.Cl. The molecule has 1 heterocycles. The first-order chi connectivity index (χ1) is 10.6. The summed E-state index contributed by atoms with van der Waals surface area (Å²) in [5, 5.41) is 2.99.